The van der Waals surface area contributed by atoms with Gasteiger partial charge in [-0.05, 0) is 37.8 Å². The van der Waals surface area contributed by atoms with Gasteiger partial charge in [0.2, 0.25) is 0 Å². The highest BCUT2D eigenvalue weighted by Gasteiger charge is 2.32. The third kappa shape index (κ3) is 3.53. The van der Waals surface area contributed by atoms with Crippen LogP contribution in [-0.2, 0) is 9.53 Å². The summed E-state index contributed by atoms with van der Waals surface area (Å²) in [5.74, 6) is 0.748. The van der Waals surface area contributed by atoms with Crippen LogP contribution in [0.3, 0.4) is 0 Å². The van der Waals surface area contributed by atoms with Crippen molar-refractivity contribution in [2.24, 2.45) is 0 Å². The number of pyridine rings is 1. The molecule has 2 atom stereocenters. The van der Waals surface area contributed by atoms with Gasteiger partial charge in [0, 0.05) is 49.6 Å². The second-order valence-electron chi connectivity index (χ2n) is 6.88. The second kappa shape index (κ2) is 7.37. The van der Waals surface area contributed by atoms with Crippen molar-refractivity contribution in [3.8, 4) is 11.3 Å². The highest BCUT2D eigenvalue weighted by Crippen LogP contribution is 2.27. The molecule has 2 aromatic heterocycles. The van der Waals surface area contributed by atoms with E-state index >= 15 is 0 Å². The minimum Gasteiger partial charge on any atom is -0.368 e. The Morgan fingerprint density at radius 3 is 2.85 bits per heavy atom. The zero-order valence-electron chi connectivity index (χ0n) is 14.6. The number of carbonyl (C=O) groups excluding carboxylic acids is 1. The molecule has 0 bridgehead atoms. The van der Waals surface area contributed by atoms with Crippen LogP contribution in [-0.4, -0.2) is 51.6 Å². The number of carbonyl (C=O) groups is 1. The quantitative estimate of drug-likeness (QED) is 0.907. The van der Waals surface area contributed by atoms with E-state index < -0.39 is 0 Å². The smallest absolute Gasteiger partial charge is 0.251 e. The van der Waals surface area contributed by atoms with Crippen molar-refractivity contribution in [2.45, 2.75) is 37.7 Å². The van der Waals surface area contributed by atoms with Gasteiger partial charge < -0.3 is 14.6 Å². The number of aromatic nitrogens is 3. The molecule has 2 aliphatic heterocycles. The molecule has 4 rings (SSSR count). The van der Waals surface area contributed by atoms with Crippen molar-refractivity contribution >= 4 is 5.91 Å². The Balaban J connectivity index is 1.56. The molecule has 2 saturated heterocycles. The van der Waals surface area contributed by atoms with Gasteiger partial charge in [-0.3, -0.25) is 14.6 Å². The monoisotopic (exact) mass is 354 g/mol. The molecule has 0 radical (unpaired) electrons. The van der Waals surface area contributed by atoms with Crippen LogP contribution in [0.1, 0.15) is 37.4 Å². The number of rotatable bonds is 3. The summed E-state index contributed by atoms with van der Waals surface area (Å²) in [5, 5.41) is 0. The van der Waals surface area contributed by atoms with Crippen molar-refractivity contribution in [3.05, 3.63) is 46.8 Å². The molecule has 1 amide bonds. The van der Waals surface area contributed by atoms with Crippen molar-refractivity contribution in [3.63, 3.8) is 0 Å². The summed E-state index contributed by atoms with van der Waals surface area (Å²) in [6.07, 6.45) is 6.60. The van der Waals surface area contributed by atoms with Gasteiger partial charge >= 0.3 is 0 Å². The fourth-order valence-corrected chi connectivity index (χ4v) is 3.72. The Hall–Kier alpha value is -2.54. The van der Waals surface area contributed by atoms with E-state index in [4.69, 9.17) is 4.74 Å². The minimum absolute atomic E-state index is 0.0311. The van der Waals surface area contributed by atoms with E-state index in [-0.39, 0.29) is 23.5 Å². The number of nitrogens with one attached hydrogen (secondary N) is 1. The van der Waals surface area contributed by atoms with Crippen LogP contribution in [0.2, 0.25) is 0 Å². The molecular formula is C19H22N4O3. The number of likely N-dealkylation sites (tertiary alicyclic amines) is 1. The number of hydrogen-bond donors (Lipinski definition) is 1. The zero-order valence-corrected chi connectivity index (χ0v) is 14.6. The van der Waals surface area contributed by atoms with Gasteiger partial charge in [-0.2, -0.15) is 0 Å². The number of nitrogens with zero attached hydrogens (tertiary/aromatic N) is 3. The van der Waals surface area contributed by atoms with Crippen LogP contribution in [0.15, 0.2) is 35.4 Å². The standard InChI is InChI=1S/C19H22N4O3/c24-17-11-15(13-5-7-20-8-6-13)21-18(22-17)14-3-1-9-23(12-14)19(25)16-4-2-10-26-16/h5-8,11,14,16H,1-4,9-10,12H2,(H,21,22,24)/t14-,16-/m1/s1. The van der Waals surface area contributed by atoms with E-state index in [1.165, 1.54) is 6.07 Å². The number of aromatic amines is 1. The first-order valence-corrected chi connectivity index (χ1v) is 9.13. The van der Waals surface area contributed by atoms with Crippen molar-refractivity contribution in [2.75, 3.05) is 19.7 Å². The number of piperidine rings is 1. The normalized spacial score (nSPS) is 23.2. The average molecular weight is 354 g/mol. The van der Waals surface area contributed by atoms with E-state index in [2.05, 4.69) is 15.0 Å². The van der Waals surface area contributed by atoms with E-state index in [1.54, 1.807) is 12.4 Å². The molecule has 0 spiro atoms. The Kier molecular flexibility index (Phi) is 4.79. The third-order valence-corrected chi connectivity index (χ3v) is 5.06. The molecule has 2 aliphatic rings. The minimum atomic E-state index is -0.302. The lowest BCUT2D eigenvalue weighted by Crippen LogP contribution is -2.44. The van der Waals surface area contributed by atoms with E-state index in [0.29, 0.717) is 24.7 Å². The summed E-state index contributed by atoms with van der Waals surface area (Å²) in [4.78, 5) is 38.2. The first-order chi connectivity index (χ1) is 12.7. The van der Waals surface area contributed by atoms with Gasteiger partial charge in [0.25, 0.3) is 11.5 Å². The summed E-state index contributed by atoms with van der Waals surface area (Å²) in [6.45, 7) is 1.97. The third-order valence-electron chi connectivity index (χ3n) is 5.06. The molecule has 136 valence electrons. The SMILES string of the molecule is O=C([C@H]1CCCO1)N1CCC[C@@H](c2nc(-c3ccncc3)cc(=O)[nH]2)C1. The van der Waals surface area contributed by atoms with Crippen LogP contribution < -0.4 is 5.56 Å². The Labute approximate surface area is 151 Å². The molecule has 4 heterocycles. The van der Waals surface area contributed by atoms with E-state index in [1.807, 2.05) is 17.0 Å². The van der Waals surface area contributed by atoms with Gasteiger partial charge in [-0.15, -0.1) is 0 Å². The number of hydrogen-bond acceptors (Lipinski definition) is 5. The fourth-order valence-electron chi connectivity index (χ4n) is 3.72. The molecule has 0 saturated carbocycles. The molecule has 2 aromatic rings. The Morgan fingerprint density at radius 1 is 1.23 bits per heavy atom. The lowest BCUT2D eigenvalue weighted by atomic mass is 9.96. The summed E-state index contributed by atoms with van der Waals surface area (Å²) in [6, 6.07) is 5.16. The molecule has 26 heavy (non-hydrogen) atoms. The summed E-state index contributed by atoms with van der Waals surface area (Å²) in [5.41, 5.74) is 1.31. The maximum atomic E-state index is 12.6. The predicted molar refractivity (Wildman–Crippen MR) is 95.6 cm³/mol. The van der Waals surface area contributed by atoms with Crippen LogP contribution in [0.4, 0.5) is 0 Å². The van der Waals surface area contributed by atoms with Crippen LogP contribution in [0, 0.1) is 0 Å². The topological polar surface area (TPSA) is 88.2 Å². The number of H-pyrrole nitrogens is 1. The fraction of sp³-hybridized carbons (Fsp3) is 0.474. The molecule has 1 N–H and O–H groups in total. The molecule has 0 unspecified atom stereocenters. The first-order valence-electron chi connectivity index (χ1n) is 9.13. The van der Waals surface area contributed by atoms with Gasteiger partial charge in [0.15, 0.2) is 0 Å². The van der Waals surface area contributed by atoms with Gasteiger partial charge in [-0.1, -0.05) is 0 Å². The Morgan fingerprint density at radius 2 is 2.08 bits per heavy atom. The maximum Gasteiger partial charge on any atom is 0.251 e. The highest BCUT2D eigenvalue weighted by molar-refractivity contribution is 5.81. The van der Waals surface area contributed by atoms with Crippen molar-refractivity contribution in [1.29, 1.82) is 0 Å². The average Bonchev–Trinajstić information content (AvgIpc) is 3.22. The van der Waals surface area contributed by atoms with Crippen LogP contribution in [0.5, 0.6) is 0 Å². The lowest BCUT2D eigenvalue weighted by Gasteiger charge is -2.33. The van der Waals surface area contributed by atoms with Gasteiger partial charge in [0.05, 0.1) is 5.69 Å². The summed E-state index contributed by atoms with van der Waals surface area (Å²) < 4.78 is 5.53. The first kappa shape index (κ1) is 16.9. The van der Waals surface area contributed by atoms with Gasteiger partial charge in [0.1, 0.15) is 11.9 Å². The molecular weight excluding hydrogens is 332 g/mol. The number of amides is 1. The molecule has 7 nitrogen and oxygen atoms in total. The van der Waals surface area contributed by atoms with Crippen LogP contribution in [0.25, 0.3) is 11.3 Å². The predicted octanol–water partition coefficient (Wildman–Crippen LogP) is 1.72. The second-order valence-corrected chi connectivity index (χ2v) is 6.88. The maximum absolute atomic E-state index is 12.6. The summed E-state index contributed by atoms with van der Waals surface area (Å²) >= 11 is 0. The molecule has 0 aromatic carbocycles. The highest BCUT2D eigenvalue weighted by atomic mass is 16.5. The summed E-state index contributed by atoms with van der Waals surface area (Å²) in [7, 11) is 0. The van der Waals surface area contributed by atoms with E-state index in [9.17, 15) is 9.59 Å². The molecule has 7 heteroatoms. The van der Waals surface area contributed by atoms with Gasteiger partial charge in [-0.25, -0.2) is 4.98 Å². The van der Waals surface area contributed by atoms with Crippen molar-refractivity contribution in [1.82, 2.24) is 19.9 Å². The lowest BCUT2D eigenvalue weighted by molar-refractivity contribution is -0.142. The largest absolute Gasteiger partial charge is 0.368 e. The Bertz CT molecular complexity index is 830. The zero-order chi connectivity index (χ0) is 17.9. The van der Waals surface area contributed by atoms with Crippen LogP contribution >= 0.6 is 0 Å². The molecule has 2 fully saturated rings. The molecule has 0 aliphatic carbocycles. The van der Waals surface area contributed by atoms with E-state index in [0.717, 1.165) is 37.8 Å². The number of ether oxygens (including phenoxy) is 1. The van der Waals surface area contributed by atoms with Crippen molar-refractivity contribution < 1.29 is 9.53 Å².